The van der Waals surface area contributed by atoms with Gasteiger partial charge in [0.15, 0.2) is 6.04 Å². The second-order valence-corrected chi connectivity index (χ2v) is 28.0. The van der Waals surface area contributed by atoms with Gasteiger partial charge in [-0.1, -0.05) is 95.1 Å². The molecule has 1 unspecified atom stereocenters. The van der Waals surface area contributed by atoms with E-state index in [1.165, 1.54) is 6.92 Å². The number of rotatable bonds is 41. The van der Waals surface area contributed by atoms with Crippen LogP contribution in [-0.4, -0.2) is 209 Å². The third-order valence-corrected chi connectivity index (χ3v) is 19.6. The van der Waals surface area contributed by atoms with Gasteiger partial charge in [0.1, 0.15) is 60.5 Å². The summed E-state index contributed by atoms with van der Waals surface area (Å²) in [6, 6.07) is 6.46. The van der Waals surface area contributed by atoms with E-state index in [0.29, 0.717) is 62.2 Å². The fourth-order valence-electron chi connectivity index (χ4n) is 12.7. The van der Waals surface area contributed by atoms with Crippen molar-refractivity contribution >= 4 is 115 Å². The van der Waals surface area contributed by atoms with E-state index in [4.69, 9.17) is 27.7 Å². The predicted molar refractivity (Wildman–Crippen MR) is 411 cm³/mol. The van der Waals surface area contributed by atoms with Crippen molar-refractivity contribution in [1.82, 2.24) is 78.8 Å². The summed E-state index contributed by atoms with van der Waals surface area (Å²) in [6.07, 6.45) is 4.05. The van der Waals surface area contributed by atoms with E-state index in [1.807, 2.05) is 32.0 Å². The molecule has 0 aliphatic carbocycles. The zero-order chi connectivity index (χ0) is 80.8. The van der Waals surface area contributed by atoms with Crippen molar-refractivity contribution in [3.63, 3.8) is 0 Å². The highest BCUT2D eigenvalue weighted by Crippen LogP contribution is 2.24. The first kappa shape index (κ1) is 86.9. The summed E-state index contributed by atoms with van der Waals surface area (Å²) in [7, 11) is 0. The molecule has 0 saturated carbocycles. The quantitative estimate of drug-likeness (QED) is 0.0187. The molecule has 0 spiro atoms. The van der Waals surface area contributed by atoms with E-state index < -0.39 is 181 Å². The van der Waals surface area contributed by atoms with E-state index in [2.05, 4.69) is 78.8 Å². The van der Waals surface area contributed by atoms with Crippen LogP contribution >= 0.6 is 0 Å². The van der Waals surface area contributed by atoms with Crippen molar-refractivity contribution in [3.05, 3.63) is 108 Å². The number of carbonyl (C=O) groups excluding carboxylic acids is 14. The van der Waals surface area contributed by atoms with Gasteiger partial charge in [-0.15, -0.1) is 0 Å². The maximum absolute atomic E-state index is 15.1. The fourth-order valence-corrected chi connectivity index (χ4v) is 12.7. The lowest BCUT2D eigenvalue weighted by Gasteiger charge is -2.30. The average molecular weight is 1540 g/mol. The Morgan fingerprint density at radius 3 is 1.40 bits per heavy atom. The van der Waals surface area contributed by atoms with Gasteiger partial charge >= 0.3 is 5.97 Å². The minimum atomic E-state index is -1.78. The van der Waals surface area contributed by atoms with Crippen molar-refractivity contribution < 1.29 is 77.0 Å². The van der Waals surface area contributed by atoms with Crippen LogP contribution in [0.4, 0.5) is 0 Å². The molecule has 24 N–H and O–H groups in total. The van der Waals surface area contributed by atoms with Gasteiger partial charge in [-0.2, -0.15) is 0 Å². The van der Waals surface area contributed by atoms with E-state index in [1.54, 1.807) is 87.0 Å². The van der Waals surface area contributed by atoms with Crippen molar-refractivity contribution in [1.29, 1.82) is 0 Å². The van der Waals surface area contributed by atoms with Crippen LogP contribution in [-0.2, 0) is 91.1 Å². The molecule has 3 aromatic heterocycles. The molecule has 0 radical (unpaired) electrons. The van der Waals surface area contributed by atoms with Crippen molar-refractivity contribution in [2.24, 2.45) is 34.8 Å². The lowest BCUT2D eigenvalue weighted by atomic mass is 9.97. The highest BCUT2D eigenvalue weighted by Gasteiger charge is 2.40. The number of aliphatic hydroxyl groups is 1. The highest BCUT2D eigenvalue weighted by molar-refractivity contribution is 6.01. The number of para-hydroxylation sites is 3. The second-order valence-electron chi connectivity index (χ2n) is 28.0. The second kappa shape index (κ2) is 43.2. The first-order valence-electron chi connectivity index (χ1n) is 37.6. The van der Waals surface area contributed by atoms with Gasteiger partial charge in [-0.3, -0.25) is 62.3 Å². The van der Waals surface area contributed by atoms with Crippen LogP contribution in [0.1, 0.15) is 122 Å². The minimum Gasteiger partial charge on any atom is -0.458 e. The number of esters is 1. The zero-order valence-corrected chi connectivity index (χ0v) is 63.2. The molecule has 13 atom stereocenters. The van der Waals surface area contributed by atoms with E-state index in [0.717, 1.165) is 6.42 Å². The first-order chi connectivity index (χ1) is 53.2. The molecule has 4 heterocycles. The number of amides is 13. The number of primary amides is 1. The largest absolute Gasteiger partial charge is 0.458 e. The van der Waals surface area contributed by atoms with Gasteiger partial charge in [-0.25, -0.2) is 4.79 Å². The van der Waals surface area contributed by atoms with Crippen molar-refractivity contribution in [2.45, 2.75) is 191 Å². The Labute approximate surface area is 641 Å². The van der Waals surface area contributed by atoms with Crippen LogP contribution in [0.3, 0.4) is 0 Å². The molecule has 1 saturated heterocycles. The number of carbonyl (C=O) groups is 14. The first-order valence-corrected chi connectivity index (χ1v) is 37.6. The van der Waals surface area contributed by atoms with Crippen LogP contribution in [0.5, 0.6) is 0 Å². The zero-order valence-electron chi connectivity index (χ0n) is 63.2. The highest BCUT2D eigenvalue weighted by atomic mass is 16.5. The fraction of sp³-hybridized carbons (Fsp3) is 0.500. The maximum atomic E-state index is 15.1. The minimum absolute atomic E-state index is 0.0316. The summed E-state index contributed by atoms with van der Waals surface area (Å²) in [6.45, 7) is 6.39. The molecule has 35 heteroatoms. The third kappa shape index (κ3) is 25.6. The SMILES string of the molecule is CCC(C)CCC(=O)N[C@H](CC(N)=O)C(=O)N[C@H](Cc1c[nH]c2ccccc12)C(=O)N[C@H](Cc1c[nH]c2ccccc12)C(=O)N[C@H](CCCN)C(=O)N[C@@H](CCCN)C(=O)NCC(=O)N[C@H](CCCN)C(=O)N[C@@H](Cc1c[nH]c2ccccc12)C(=O)N[C@@H]1C(=O)N[C@@H]([C@@H](C)CC)C(=O)NCC(=O)N[C@@H](CO)C(=O)O[C@@H]1C. The normalized spacial score (nSPS) is 18.0. The number of nitrogens with one attached hydrogen (secondary N) is 15. The van der Waals surface area contributed by atoms with E-state index in [-0.39, 0.29) is 89.8 Å². The van der Waals surface area contributed by atoms with Gasteiger partial charge in [0, 0.05) is 77.0 Å². The molecule has 1 fully saturated rings. The summed E-state index contributed by atoms with van der Waals surface area (Å²) in [5.74, 6) is -12.8. The number of aromatic amines is 3. The number of aliphatic hydroxyl groups excluding tert-OH is 1. The van der Waals surface area contributed by atoms with E-state index in [9.17, 15) is 62.6 Å². The number of ether oxygens (including phenoxy) is 1. The Balaban J connectivity index is 1.10. The lowest BCUT2D eigenvalue weighted by Crippen LogP contribution is -2.62. The Morgan fingerprint density at radius 1 is 0.523 bits per heavy atom. The smallest absolute Gasteiger partial charge is 0.331 e. The number of aromatic nitrogens is 3. The molecule has 1 aliphatic heterocycles. The van der Waals surface area contributed by atoms with Crippen molar-refractivity contribution in [3.8, 4) is 0 Å². The Kier molecular flexibility index (Phi) is 33.8. The molecule has 13 amide bonds. The molecule has 35 nitrogen and oxygen atoms in total. The monoisotopic (exact) mass is 1540 g/mol. The van der Waals surface area contributed by atoms with Crippen LogP contribution in [0.2, 0.25) is 0 Å². The summed E-state index contributed by atoms with van der Waals surface area (Å²) in [4.78, 5) is 206. The van der Waals surface area contributed by atoms with Crippen LogP contribution in [0.25, 0.3) is 32.7 Å². The number of fused-ring (bicyclic) bond motifs is 3. The topological polar surface area (TPSA) is 564 Å². The number of hydrogen-bond acceptors (Lipinski definition) is 19. The molecular formula is C76H107N19O16. The number of nitrogens with two attached hydrogens (primary N) is 4. The van der Waals surface area contributed by atoms with Crippen LogP contribution in [0, 0.1) is 11.8 Å². The number of H-pyrrole nitrogens is 3. The van der Waals surface area contributed by atoms with Crippen molar-refractivity contribution in [2.75, 3.05) is 39.3 Å². The van der Waals surface area contributed by atoms with Gasteiger partial charge < -0.3 is 112 Å². The summed E-state index contributed by atoms with van der Waals surface area (Å²) < 4.78 is 5.57. The molecule has 7 rings (SSSR count). The van der Waals surface area contributed by atoms with Gasteiger partial charge in [0.25, 0.3) is 0 Å². The molecule has 6 aromatic rings. The van der Waals surface area contributed by atoms with E-state index >= 15 is 9.59 Å². The van der Waals surface area contributed by atoms with Gasteiger partial charge in [-0.05, 0) is 118 Å². The number of cyclic esters (lactones) is 1. The van der Waals surface area contributed by atoms with Gasteiger partial charge in [0.2, 0.25) is 76.8 Å². The summed E-state index contributed by atoms with van der Waals surface area (Å²) in [5.41, 5.74) is 27.2. The summed E-state index contributed by atoms with van der Waals surface area (Å²) in [5, 5.41) is 43.4. The van der Waals surface area contributed by atoms with Crippen LogP contribution < -0.4 is 86.7 Å². The molecule has 1 aliphatic rings. The van der Waals surface area contributed by atoms with Crippen LogP contribution in [0.15, 0.2) is 91.4 Å². The Bertz CT molecular complexity index is 4230. The maximum Gasteiger partial charge on any atom is 0.331 e. The Morgan fingerprint density at radius 2 is 0.946 bits per heavy atom. The van der Waals surface area contributed by atoms with Gasteiger partial charge in [0.05, 0.1) is 26.1 Å². The third-order valence-electron chi connectivity index (χ3n) is 19.6. The molecule has 602 valence electrons. The molecule has 111 heavy (non-hydrogen) atoms. The molecule has 3 aromatic carbocycles. The number of benzene rings is 3. The Hall–Kier alpha value is -11.3. The number of hydrogen-bond donors (Lipinski definition) is 20. The average Bonchev–Trinajstić information content (AvgIpc) is 1.73. The molecular weight excluding hydrogens is 1430 g/mol. The lowest BCUT2D eigenvalue weighted by molar-refractivity contribution is -0.157. The standard InChI is InChI=1S/C76H107N19O16/c1-6-41(3)26-27-62(98)87-59(34-61(80)97)72(106)93-57(32-45-36-82-51-21-12-9-18-48(45)51)71(105)92-56(31-44-35-81-50-20-11-8-17-47(44)50)70(104)90-55(25-16-30-79)69(103)89-53(23-14-28-77)67(101)84-38-63(99)86-54(24-15-29-78)68(102)91-58(33-46-37-83-52-22-13-10-19-49(46)52)73(107)95-66-43(5)111-76(110)60(40-96)88-64(100)39-85-74(108)65(42(4)7-2)94-75(66)109/h8-13,17-22,35-37,41-43,53-60,65-66,81-83,96H,6-7,14-16,23-34,38-40,77-79H2,1-5H3,(H2,80,97)(H,84,101)(H,85,108)(H,86,99)(H,87,98)(H,88,100)(H,89,103)(H,90,104)(H,91,102)(H,92,105)(H,93,106)(H,94,109)(H,95,107)/t41?,42-,43+,53-,54+,55+,56+,57+,58-,59+,60-,65-,66-/m0/s1. The molecule has 0 bridgehead atoms. The predicted octanol–water partition coefficient (Wildman–Crippen LogP) is -1.86. The summed E-state index contributed by atoms with van der Waals surface area (Å²) >= 11 is 0.